The zero-order valence-corrected chi connectivity index (χ0v) is 17.5. The maximum absolute atomic E-state index is 12.8. The molecule has 6 nitrogen and oxygen atoms in total. The third-order valence-electron chi connectivity index (χ3n) is 3.81. The number of benzene rings is 1. The molecule has 1 atom stereocenters. The molecule has 0 bridgehead atoms. The number of methoxy groups -OCH3 is 2. The second-order valence-corrected chi connectivity index (χ2v) is 8.42. The van der Waals surface area contributed by atoms with Crippen LogP contribution in [0.5, 0.6) is 11.5 Å². The van der Waals surface area contributed by atoms with Gasteiger partial charge in [-0.05, 0) is 30.2 Å². The Bertz CT molecular complexity index is 911. The minimum absolute atomic E-state index is 0.125. The van der Waals surface area contributed by atoms with E-state index in [-0.39, 0.29) is 10.8 Å². The molecule has 1 aromatic carbocycles. The number of ether oxygens (including phenoxy) is 2. The summed E-state index contributed by atoms with van der Waals surface area (Å²) in [6.45, 7) is 1.99. The van der Waals surface area contributed by atoms with Gasteiger partial charge in [0, 0.05) is 4.47 Å². The largest absolute Gasteiger partial charge is 0.493 e. The fourth-order valence-electron chi connectivity index (χ4n) is 2.46. The Morgan fingerprint density at radius 1 is 1.27 bits per heavy atom. The number of allylic oxidation sites excluding steroid dienone is 1. The molecule has 26 heavy (non-hydrogen) atoms. The van der Waals surface area contributed by atoms with Gasteiger partial charge in [-0.15, -0.1) is 21.5 Å². The van der Waals surface area contributed by atoms with Crippen LogP contribution in [0.4, 0.5) is 0 Å². The van der Waals surface area contributed by atoms with Crippen LogP contribution in [0.25, 0.3) is 6.08 Å². The van der Waals surface area contributed by atoms with Crippen molar-refractivity contribution in [3.63, 3.8) is 0 Å². The first-order valence-corrected chi connectivity index (χ1v) is 10.2. The standard InChI is InChI=1S/C17H16BrN3O3S2/c1-4-13-20-21-17(26-13)14-15(22)12(25-16(14)19)6-8-5-10(23-2)11(24-3)7-9(8)18/h5-7,14,19H,4H2,1-3H3/b12-6-,19-16?/t14-/m0/s1. The summed E-state index contributed by atoms with van der Waals surface area (Å²) in [4.78, 5) is 13.3. The van der Waals surface area contributed by atoms with Gasteiger partial charge in [-0.3, -0.25) is 10.2 Å². The first kappa shape index (κ1) is 19.1. The Hall–Kier alpha value is -1.71. The number of rotatable bonds is 5. The van der Waals surface area contributed by atoms with Crippen LogP contribution < -0.4 is 9.47 Å². The maximum atomic E-state index is 12.8. The predicted octanol–water partition coefficient (Wildman–Crippen LogP) is 4.30. The lowest BCUT2D eigenvalue weighted by Crippen LogP contribution is -2.11. The van der Waals surface area contributed by atoms with E-state index in [2.05, 4.69) is 26.1 Å². The van der Waals surface area contributed by atoms with Crippen molar-refractivity contribution < 1.29 is 14.3 Å². The molecule has 3 rings (SSSR count). The summed E-state index contributed by atoms with van der Waals surface area (Å²) >= 11 is 6.04. The van der Waals surface area contributed by atoms with Crippen LogP contribution in [0.15, 0.2) is 21.5 Å². The molecule has 0 unspecified atom stereocenters. The summed E-state index contributed by atoms with van der Waals surface area (Å²) < 4.78 is 11.4. The average Bonchev–Trinajstić information content (AvgIpc) is 3.20. The summed E-state index contributed by atoms with van der Waals surface area (Å²) in [5, 5.41) is 18.1. The molecule has 9 heteroatoms. The summed E-state index contributed by atoms with van der Waals surface area (Å²) in [6, 6.07) is 3.58. The van der Waals surface area contributed by atoms with Crippen molar-refractivity contribution in [2.24, 2.45) is 0 Å². The second-order valence-electron chi connectivity index (χ2n) is 5.39. The molecule has 136 valence electrons. The van der Waals surface area contributed by atoms with Crippen molar-refractivity contribution in [1.82, 2.24) is 10.2 Å². The number of carbonyl (C=O) groups excluding carboxylic acids is 1. The smallest absolute Gasteiger partial charge is 0.186 e. The third kappa shape index (κ3) is 3.56. The molecular weight excluding hydrogens is 438 g/mol. The molecule has 0 saturated carbocycles. The molecule has 1 N–H and O–H groups in total. The average molecular weight is 454 g/mol. The van der Waals surface area contributed by atoms with E-state index in [9.17, 15) is 4.79 Å². The Morgan fingerprint density at radius 2 is 1.96 bits per heavy atom. The van der Waals surface area contributed by atoms with Crippen LogP contribution in [0.3, 0.4) is 0 Å². The van der Waals surface area contributed by atoms with Crippen molar-refractivity contribution in [3.05, 3.63) is 37.1 Å². The Kier molecular flexibility index (Phi) is 5.79. The molecule has 1 aliphatic rings. The number of nitrogens with one attached hydrogen (secondary N) is 1. The van der Waals surface area contributed by atoms with E-state index in [0.717, 1.165) is 33.2 Å². The Labute approximate surface area is 167 Å². The highest BCUT2D eigenvalue weighted by Crippen LogP contribution is 2.43. The van der Waals surface area contributed by atoms with Crippen LogP contribution in [-0.4, -0.2) is 35.2 Å². The topological polar surface area (TPSA) is 85.2 Å². The van der Waals surface area contributed by atoms with Gasteiger partial charge in [0.05, 0.1) is 24.2 Å². The number of nitrogens with zero attached hydrogens (tertiary/aromatic N) is 2. The van der Waals surface area contributed by atoms with Gasteiger partial charge in [0.15, 0.2) is 17.3 Å². The minimum atomic E-state index is -0.650. The summed E-state index contributed by atoms with van der Waals surface area (Å²) in [5.74, 6) is 0.392. The van der Waals surface area contributed by atoms with Crippen LogP contribution in [0.2, 0.25) is 0 Å². The predicted molar refractivity (Wildman–Crippen MR) is 108 cm³/mol. The van der Waals surface area contributed by atoms with E-state index >= 15 is 0 Å². The second kappa shape index (κ2) is 7.89. The zero-order valence-electron chi connectivity index (χ0n) is 14.3. The molecular formula is C17H16BrN3O3S2. The van der Waals surface area contributed by atoms with Gasteiger partial charge in [0.1, 0.15) is 15.9 Å². The highest BCUT2D eigenvalue weighted by Gasteiger charge is 2.39. The van der Waals surface area contributed by atoms with E-state index in [1.54, 1.807) is 32.4 Å². The number of ketones is 1. The zero-order chi connectivity index (χ0) is 18.8. The van der Waals surface area contributed by atoms with Gasteiger partial charge in [-0.1, -0.05) is 34.6 Å². The number of aromatic nitrogens is 2. The lowest BCUT2D eigenvalue weighted by atomic mass is 10.0. The van der Waals surface area contributed by atoms with Gasteiger partial charge in [0.2, 0.25) is 0 Å². The number of carbonyl (C=O) groups is 1. The van der Waals surface area contributed by atoms with Crippen LogP contribution in [0.1, 0.15) is 28.4 Å². The Balaban J connectivity index is 1.95. The molecule has 0 aliphatic carbocycles. The first-order valence-electron chi connectivity index (χ1n) is 7.74. The number of halogens is 1. The normalized spacial score (nSPS) is 18.6. The van der Waals surface area contributed by atoms with Crippen molar-refractivity contribution >= 4 is 55.9 Å². The van der Waals surface area contributed by atoms with Gasteiger partial charge >= 0.3 is 0 Å². The number of aryl methyl sites for hydroxylation is 1. The molecule has 2 aromatic rings. The highest BCUT2D eigenvalue weighted by atomic mass is 79.9. The van der Waals surface area contributed by atoms with E-state index in [1.165, 1.54) is 11.3 Å². The third-order valence-corrected chi connectivity index (χ3v) is 6.62. The first-order chi connectivity index (χ1) is 12.5. The fourth-order valence-corrected chi connectivity index (χ4v) is 4.84. The lowest BCUT2D eigenvalue weighted by molar-refractivity contribution is -0.114. The van der Waals surface area contributed by atoms with E-state index in [1.807, 2.05) is 6.92 Å². The van der Waals surface area contributed by atoms with Crippen molar-refractivity contribution in [2.75, 3.05) is 14.2 Å². The summed E-state index contributed by atoms with van der Waals surface area (Å²) in [5.41, 5.74) is 0.776. The quantitative estimate of drug-likeness (QED) is 0.679. The van der Waals surface area contributed by atoms with E-state index < -0.39 is 5.92 Å². The minimum Gasteiger partial charge on any atom is -0.493 e. The molecule has 1 saturated heterocycles. The molecule has 2 heterocycles. The maximum Gasteiger partial charge on any atom is 0.186 e. The van der Waals surface area contributed by atoms with Crippen LogP contribution in [-0.2, 0) is 11.2 Å². The molecule has 0 amide bonds. The number of hydrogen-bond donors (Lipinski definition) is 1. The van der Waals surface area contributed by atoms with E-state index in [4.69, 9.17) is 14.9 Å². The van der Waals surface area contributed by atoms with Gasteiger partial charge in [-0.2, -0.15) is 0 Å². The monoisotopic (exact) mass is 453 g/mol. The SMILES string of the molecule is CCc1nnc([C@@H]2C(=N)S/C(=C\c3cc(OC)c(OC)cc3Br)C2=O)s1. The van der Waals surface area contributed by atoms with Gasteiger partial charge in [0.25, 0.3) is 0 Å². The van der Waals surface area contributed by atoms with E-state index in [0.29, 0.717) is 21.4 Å². The molecule has 1 aromatic heterocycles. The number of thioether (sulfide) groups is 1. The molecule has 1 aliphatic heterocycles. The summed E-state index contributed by atoms with van der Waals surface area (Å²) in [7, 11) is 3.13. The van der Waals surface area contributed by atoms with Crippen LogP contribution >= 0.6 is 39.0 Å². The van der Waals surface area contributed by atoms with Crippen molar-refractivity contribution in [3.8, 4) is 11.5 Å². The highest BCUT2D eigenvalue weighted by molar-refractivity contribution is 9.10. The van der Waals surface area contributed by atoms with Gasteiger partial charge in [-0.25, -0.2) is 0 Å². The fraction of sp³-hybridized carbons (Fsp3) is 0.294. The van der Waals surface area contributed by atoms with Gasteiger partial charge < -0.3 is 9.47 Å². The molecule has 0 radical (unpaired) electrons. The number of Topliss-reactive ketones (excluding diaryl/α,β-unsaturated/α-hetero) is 1. The van der Waals surface area contributed by atoms with Crippen molar-refractivity contribution in [2.45, 2.75) is 19.3 Å². The number of hydrogen-bond acceptors (Lipinski definition) is 8. The molecule has 0 spiro atoms. The molecule has 1 fully saturated rings. The lowest BCUT2D eigenvalue weighted by Gasteiger charge is -2.10. The summed E-state index contributed by atoms with van der Waals surface area (Å²) in [6.07, 6.45) is 2.52. The van der Waals surface area contributed by atoms with Crippen LogP contribution in [0, 0.1) is 5.41 Å². The van der Waals surface area contributed by atoms with Crippen molar-refractivity contribution in [1.29, 1.82) is 5.41 Å². The Morgan fingerprint density at radius 3 is 2.58 bits per heavy atom.